The van der Waals surface area contributed by atoms with E-state index in [9.17, 15) is 9.59 Å². The second kappa shape index (κ2) is 9.23. The molecule has 2 unspecified atom stereocenters. The fourth-order valence-corrected chi connectivity index (χ4v) is 4.69. The summed E-state index contributed by atoms with van der Waals surface area (Å²) < 4.78 is 7.45. The van der Waals surface area contributed by atoms with Gasteiger partial charge in [0.05, 0.1) is 18.6 Å². The third kappa shape index (κ3) is 4.45. The number of allylic oxidation sites excluding steroid dienone is 2. The summed E-state index contributed by atoms with van der Waals surface area (Å²) in [6, 6.07) is 1.50. The number of aromatic nitrogens is 4. The molecule has 0 spiro atoms. The summed E-state index contributed by atoms with van der Waals surface area (Å²) >= 11 is 0. The quantitative estimate of drug-likeness (QED) is 0.653. The number of hydrogen-bond donors (Lipinski definition) is 3. The Hall–Kier alpha value is -3.01. The second-order valence-electron chi connectivity index (χ2n) is 8.73. The minimum atomic E-state index is -0.239. The van der Waals surface area contributed by atoms with Crippen LogP contribution in [0.5, 0.6) is 0 Å². The van der Waals surface area contributed by atoms with E-state index < -0.39 is 0 Å². The summed E-state index contributed by atoms with van der Waals surface area (Å²) in [5.74, 6) is 1.46. The minimum absolute atomic E-state index is 0.0380. The Bertz CT molecular complexity index is 1120. The van der Waals surface area contributed by atoms with Crippen molar-refractivity contribution in [1.82, 2.24) is 30.3 Å². The molecular weight excluding hydrogens is 410 g/mol. The van der Waals surface area contributed by atoms with Crippen molar-refractivity contribution in [2.75, 3.05) is 6.54 Å². The number of carbonyl (C=O) groups is 1. The van der Waals surface area contributed by atoms with E-state index in [0.717, 1.165) is 63.5 Å². The van der Waals surface area contributed by atoms with Gasteiger partial charge in [0.25, 0.3) is 5.56 Å². The van der Waals surface area contributed by atoms with E-state index >= 15 is 0 Å². The van der Waals surface area contributed by atoms with Gasteiger partial charge in [0, 0.05) is 24.7 Å². The minimum Gasteiger partial charge on any atom is -0.371 e. The SMILES string of the molecule is O=C(NC1=NNCC1)C1CCCCC1OCc1cc(=O)n2nc(C3=CCCCC3)nc2[nH]1. The van der Waals surface area contributed by atoms with Gasteiger partial charge in [-0.2, -0.15) is 14.6 Å². The molecule has 0 bridgehead atoms. The maximum Gasteiger partial charge on any atom is 0.275 e. The summed E-state index contributed by atoms with van der Waals surface area (Å²) in [5.41, 5.74) is 4.37. The zero-order chi connectivity index (χ0) is 21.9. The van der Waals surface area contributed by atoms with Crippen molar-refractivity contribution in [3.63, 3.8) is 0 Å². The fourth-order valence-electron chi connectivity index (χ4n) is 4.69. The number of hydrogen-bond acceptors (Lipinski definition) is 7. The molecule has 1 amide bonds. The van der Waals surface area contributed by atoms with E-state index in [4.69, 9.17) is 4.74 Å². The lowest BCUT2D eigenvalue weighted by atomic mass is 9.85. The second-order valence-corrected chi connectivity index (χ2v) is 8.73. The summed E-state index contributed by atoms with van der Waals surface area (Å²) in [4.78, 5) is 33.1. The molecule has 0 radical (unpaired) electrons. The average Bonchev–Trinajstić information content (AvgIpc) is 3.49. The molecule has 32 heavy (non-hydrogen) atoms. The Balaban J connectivity index is 1.28. The molecule has 170 valence electrons. The smallest absolute Gasteiger partial charge is 0.275 e. The van der Waals surface area contributed by atoms with Crippen LogP contribution in [-0.2, 0) is 16.1 Å². The Morgan fingerprint density at radius 3 is 2.94 bits per heavy atom. The van der Waals surface area contributed by atoms with Gasteiger partial charge < -0.3 is 20.5 Å². The predicted octanol–water partition coefficient (Wildman–Crippen LogP) is 1.87. The molecule has 0 aromatic carbocycles. The first-order valence-corrected chi connectivity index (χ1v) is 11.6. The maximum absolute atomic E-state index is 12.8. The van der Waals surface area contributed by atoms with Gasteiger partial charge in [-0.15, -0.1) is 5.10 Å². The number of carbonyl (C=O) groups excluding carboxylic acids is 1. The summed E-state index contributed by atoms with van der Waals surface area (Å²) in [6.07, 6.45) is 10.6. The number of ether oxygens (including phenoxy) is 1. The van der Waals surface area contributed by atoms with Crippen molar-refractivity contribution in [2.24, 2.45) is 11.0 Å². The number of rotatable bonds is 5. The monoisotopic (exact) mass is 439 g/mol. The molecule has 2 aromatic heterocycles. The number of fused-ring (bicyclic) bond motifs is 1. The van der Waals surface area contributed by atoms with Gasteiger partial charge in [-0.05, 0) is 44.1 Å². The largest absolute Gasteiger partial charge is 0.371 e. The Morgan fingerprint density at radius 2 is 2.12 bits per heavy atom. The van der Waals surface area contributed by atoms with Crippen molar-refractivity contribution in [3.8, 4) is 0 Å². The number of hydrazone groups is 1. The molecule has 1 saturated carbocycles. The van der Waals surface area contributed by atoms with Gasteiger partial charge in [-0.3, -0.25) is 9.59 Å². The van der Waals surface area contributed by atoms with E-state index in [0.29, 0.717) is 23.1 Å². The average molecular weight is 440 g/mol. The van der Waals surface area contributed by atoms with Crippen molar-refractivity contribution in [2.45, 2.75) is 70.5 Å². The van der Waals surface area contributed by atoms with Crippen LogP contribution in [0.2, 0.25) is 0 Å². The van der Waals surface area contributed by atoms with Gasteiger partial charge >= 0.3 is 0 Å². The molecule has 1 aliphatic heterocycles. The van der Waals surface area contributed by atoms with Gasteiger partial charge in [0.2, 0.25) is 11.7 Å². The molecular formula is C22H29N7O3. The molecule has 1 fully saturated rings. The van der Waals surface area contributed by atoms with Crippen LogP contribution in [-0.4, -0.2) is 44.0 Å². The lowest BCUT2D eigenvalue weighted by Gasteiger charge is -2.30. The molecule has 3 aliphatic rings. The molecule has 10 nitrogen and oxygen atoms in total. The molecule has 5 rings (SSSR count). The van der Waals surface area contributed by atoms with Gasteiger partial charge in [0.1, 0.15) is 5.84 Å². The molecule has 0 saturated heterocycles. The Labute approximate surface area is 185 Å². The number of amides is 1. The third-order valence-corrected chi connectivity index (χ3v) is 6.41. The summed E-state index contributed by atoms with van der Waals surface area (Å²) in [5, 5.41) is 11.4. The number of amidine groups is 1. The molecule has 3 N–H and O–H groups in total. The van der Waals surface area contributed by atoms with Crippen LogP contribution >= 0.6 is 0 Å². The topological polar surface area (TPSA) is 126 Å². The van der Waals surface area contributed by atoms with E-state index in [-0.39, 0.29) is 30.1 Å². The highest BCUT2D eigenvalue weighted by atomic mass is 16.5. The zero-order valence-corrected chi connectivity index (χ0v) is 18.1. The van der Waals surface area contributed by atoms with E-state index in [1.165, 1.54) is 17.0 Å². The lowest BCUT2D eigenvalue weighted by Crippen LogP contribution is -2.42. The van der Waals surface area contributed by atoms with Gasteiger partial charge in [-0.1, -0.05) is 18.9 Å². The van der Waals surface area contributed by atoms with Crippen LogP contribution in [0.1, 0.15) is 69.3 Å². The molecule has 3 heterocycles. The predicted molar refractivity (Wildman–Crippen MR) is 119 cm³/mol. The number of nitrogens with zero attached hydrogens (tertiary/aromatic N) is 4. The summed E-state index contributed by atoms with van der Waals surface area (Å²) in [6.45, 7) is 0.964. The van der Waals surface area contributed by atoms with Crippen molar-refractivity contribution < 1.29 is 9.53 Å². The van der Waals surface area contributed by atoms with Crippen molar-refractivity contribution >= 4 is 23.1 Å². The number of aromatic amines is 1. The van der Waals surface area contributed by atoms with E-state index in [1.807, 2.05) is 0 Å². The van der Waals surface area contributed by atoms with E-state index in [1.54, 1.807) is 0 Å². The maximum atomic E-state index is 12.8. The van der Waals surface area contributed by atoms with Gasteiger partial charge in [-0.25, -0.2) is 0 Å². The number of H-pyrrole nitrogens is 1. The summed E-state index contributed by atoms with van der Waals surface area (Å²) in [7, 11) is 0. The lowest BCUT2D eigenvalue weighted by molar-refractivity contribution is -0.131. The first-order valence-electron chi connectivity index (χ1n) is 11.6. The van der Waals surface area contributed by atoms with E-state index in [2.05, 4.69) is 37.0 Å². The van der Waals surface area contributed by atoms with Crippen LogP contribution < -0.4 is 16.3 Å². The number of nitrogens with one attached hydrogen (secondary N) is 3. The normalized spacial score (nSPS) is 23.5. The van der Waals surface area contributed by atoms with Crippen LogP contribution in [0.4, 0.5) is 0 Å². The van der Waals surface area contributed by atoms with Gasteiger partial charge in [0.15, 0.2) is 5.82 Å². The third-order valence-electron chi connectivity index (χ3n) is 6.41. The highest BCUT2D eigenvalue weighted by Gasteiger charge is 2.32. The van der Waals surface area contributed by atoms with Crippen LogP contribution in [0, 0.1) is 5.92 Å². The van der Waals surface area contributed by atoms with Crippen molar-refractivity contribution in [3.05, 3.63) is 34.0 Å². The molecule has 2 atom stereocenters. The zero-order valence-electron chi connectivity index (χ0n) is 18.1. The van der Waals surface area contributed by atoms with Crippen molar-refractivity contribution in [1.29, 1.82) is 0 Å². The highest BCUT2D eigenvalue weighted by Crippen LogP contribution is 2.28. The highest BCUT2D eigenvalue weighted by molar-refractivity contribution is 5.99. The molecule has 10 heteroatoms. The molecule has 2 aromatic rings. The fraction of sp³-hybridized carbons (Fsp3) is 0.591. The van der Waals surface area contributed by atoms with Crippen LogP contribution in [0.3, 0.4) is 0 Å². The first-order chi connectivity index (χ1) is 15.7. The van der Waals surface area contributed by atoms with Crippen LogP contribution in [0.15, 0.2) is 22.0 Å². The standard InChI is InChI=1S/C22H29N7O3/c30-19-12-15(24-22-26-20(28-29(19)22)14-6-2-1-3-7-14)13-32-17-9-5-4-8-16(17)21(31)25-18-10-11-23-27-18/h6,12,16-17,23H,1-5,7-11,13H2,(H,24,26,28)(H,25,27,31). The first kappa shape index (κ1) is 20.9. The molecule has 2 aliphatic carbocycles. The Kier molecular flexibility index (Phi) is 6.02. The Morgan fingerprint density at radius 1 is 1.22 bits per heavy atom. The van der Waals surface area contributed by atoms with Crippen LogP contribution in [0.25, 0.3) is 11.4 Å².